The van der Waals surface area contributed by atoms with Gasteiger partial charge in [-0.1, -0.05) is 56.0 Å². The van der Waals surface area contributed by atoms with Gasteiger partial charge in [-0.15, -0.1) is 0 Å². The first kappa shape index (κ1) is 12.3. The Morgan fingerprint density at radius 2 is 2.00 bits per heavy atom. The normalized spacial score (nSPS) is 14.9. The smallest absolute Gasteiger partial charge is 0.0868 e. The highest BCUT2D eigenvalue weighted by Crippen LogP contribution is 2.27. The van der Waals surface area contributed by atoms with Crippen LogP contribution in [0.2, 0.25) is 0 Å². The second-order valence-corrected chi connectivity index (χ2v) is 4.60. The molecule has 1 aromatic rings. The Morgan fingerprint density at radius 3 is 2.60 bits per heavy atom. The van der Waals surface area contributed by atoms with Crippen molar-refractivity contribution in [2.24, 2.45) is 0 Å². The summed E-state index contributed by atoms with van der Waals surface area (Å²) in [6, 6.07) is 8.16. The minimum absolute atomic E-state index is 0.665. The highest BCUT2D eigenvalue weighted by molar-refractivity contribution is 5.26. The summed E-state index contributed by atoms with van der Waals surface area (Å²) in [6.07, 6.45) is 4.34. The van der Waals surface area contributed by atoms with Crippen molar-refractivity contribution in [1.82, 2.24) is 0 Å². The molecule has 15 heavy (non-hydrogen) atoms. The number of hydrogen-bond acceptors (Lipinski definition) is 1. The lowest BCUT2D eigenvalue weighted by molar-refractivity contribution is 0.0449. The van der Waals surface area contributed by atoms with E-state index in [4.69, 9.17) is 0 Å². The first-order valence-electron chi connectivity index (χ1n) is 5.86. The van der Waals surface area contributed by atoms with Gasteiger partial charge < -0.3 is 5.11 Å². The molecule has 1 nitrogen and oxygen atoms in total. The van der Waals surface area contributed by atoms with Crippen LogP contribution in [-0.4, -0.2) is 5.11 Å². The quantitative estimate of drug-likeness (QED) is 0.727. The van der Waals surface area contributed by atoms with E-state index in [1.165, 1.54) is 18.4 Å². The van der Waals surface area contributed by atoms with Crippen molar-refractivity contribution in [2.45, 2.75) is 52.1 Å². The van der Waals surface area contributed by atoms with E-state index in [9.17, 15) is 5.11 Å². The van der Waals surface area contributed by atoms with Crippen LogP contribution in [0.15, 0.2) is 24.3 Å². The molecule has 0 aliphatic carbocycles. The minimum Gasteiger partial charge on any atom is -0.385 e. The van der Waals surface area contributed by atoms with E-state index in [-0.39, 0.29) is 0 Å². The maximum Gasteiger partial charge on any atom is 0.0868 e. The van der Waals surface area contributed by atoms with Crippen LogP contribution in [0, 0.1) is 6.92 Å². The van der Waals surface area contributed by atoms with E-state index in [1.54, 1.807) is 0 Å². The van der Waals surface area contributed by atoms with Gasteiger partial charge >= 0.3 is 0 Å². The van der Waals surface area contributed by atoms with E-state index >= 15 is 0 Å². The fraction of sp³-hybridized carbons (Fsp3) is 0.571. The van der Waals surface area contributed by atoms with Crippen LogP contribution in [0.3, 0.4) is 0 Å². The number of benzene rings is 1. The average molecular weight is 206 g/mol. The largest absolute Gasteiger partial charge is 0.385 e. The topological polar surface area (TPSA) is 20.2 Å². The first-order valence-corrected chi connectivity index (χ1v) is 5.86. The molecular formula is C14H22O. The van der Waals surface area contributed by atoms with Gasteiger partial charge in [0.1, 0.15) is 0 Å². The SMILES string of the molecule is CCCCCC(C)(O)c1cccc(C)c1. The molecule has 0 radical (unpaired) electrons. The summed E-state index contributed by atoms with van der Waals surface area (Å²) in [4.78, 5) is 0. The molecule has 0 amide bonds. The third-order valence-corrected chi connectivity index (χ3v) is 2.91. The van der Waals surface area contributed by atoms with Crippen LogP contribution in [0.25, 0.3) is 0 Å². The molecule has 0 bridgehead atoms. The molecule has 0 fully saturated rings. The van der Waals surface area contributed by atoms with Crippen LogP contribution >= 0.6 is 0 Å². The molecule has 0 heterocycles. The number of hydrogen-bond donors (Lipinski definition) is 1. The lowest BCUT2D eigenvalue weighted by atomic mass is 9.89. The van der Waals surface area contributed by atoms with Crippen molar-refractivity contribution in [3.8, 4) is 0 Å². The highest BCUT2D eigenvalue weighted by Gasteiger charge is 2.21. The zero-order valence-electron chi connectivity index (χ0n) is 10.1. The minimum atomic E-state index is -0.665. The van der Waals surface area contributed by atoms with Gasteiger partial charge in [0.2, 0.25) is 0 Å². The van der Waals surface area contributed by atoms with E-state index in [0.717, 1.165) is 18.4 Å². The summed E-state index contributed by atoms with van der Waals surface area (Å²) < 4.78 is 0. The summed E-state index contributed by atoms with van der Waals surface area (Å²) in [5.74, 6) is 0. The van der Waals surface area contributed by atoms with Gasteiger partial charge in [-0.05, 0) is 25.8 Å². The molecular weight excluding hydrogens is 184 g/mol. The second-order valence-electron chi connectivity index (χ2n) is 4.60. The van der Waals surface area contributed by atoms with E-state index in [1.807, 2.05) is 19.1 Å². The summed E-state index contributed by atoms with van der Waals surface area (Å²) in [7, 11) is 0. The zero-order valence-corrected chi connectivity index (χ0v) is 10.1. The number of aliphatic hydroxyl groups is 1. The van der Waals surface area contributed by atoms with Crippen LogP contribution in [0.1, 0.15) is 50.7 Å². The van der Waals surface area contributed by atoms with Crippen molar-refractivity contribution in [3.63, 3.8) is 0 Å². The highest BCUT2D eigenvalue weighted by atomic mass is 16.3. The Bertz CT molecular complexity index is 302. The summed E-state index contributed by atoms with van der Waals surface area (Å²) in [5.41, 5.74) is 1.59. The summed E-state index contributed by atoms with van der Waals surface area (Å²) >= 11 is 0. The molecule has 0 aliphatic rings. The molecule has 1 atom stereocenters. The molecule has 0 aliphatic heterocycles. The Balaban J connectivity index is 2.67. The summed E-state index contributed by atoms with van der Waals surface area (Å²) in [6.45, 7) is 6.16. The van der Waals surface area contributed by atoms with E-state index in [0.29, 0.717) is 0 Å². The van der Waals surface area contributed by atoms with Gasteiger partial charge in [0, 0.05) is 0 Å². The van der Waals surface area contributed by atoms with Crippen molar-refractivity contribution in [1.29, 1.82) is 0 Å². The molecule has 1 heteroatoms. The number of rotatable bonds is 5. The molecule has 0 aromatic heterocycles. The van der Waals surface area contributed by atoms with Gasteiger partial charge in [-0.3, -0.25) is 0 Å². The maximum atomic E-state index is 10.3. The lowest BCUT2D eigenvalue weighted by Gasteiger charge is -2.24. The van der Waals surface area contributed by atoms with Gasteiger partial charge in [0.25, 0.3) is 0 Å². The Kier molecular flexibility index (Phi) is 4.34. The monoisotopic (exact) mass is 206 g/mol. The molecule has 0 spiro atoms. The predicted molar refractivity (Wildman–Crippen MR) is 64.9 cm³/mol. The lowest BCUT2D eigenvalue weighted by Crippen LogP contribution is -2.20. The molecule has 0 saturated heterocycles. The average Bonchev–Trinajstić information content (AvgIpc) is 2.18. The van der Waals surface area contributed by atoms with Crippen molar-refractivity contribution in [2.75, 3.05) is 0 Å². The van der Waals surface area contributed by atoms with Crippen LogP contribution in [0.5, 0.6) is 0 Å². The van der Waals surface area contributed by atoms with Crippen molar-refractivity contribution in [3.05, 3.63) is 35.4 Å². The fourth-order valence-corrected chi connectivity index (χ4v) is 1.84. The Morgan fingerprint density at radius 1 is 1.27 bits per heavy atom. The van der Waals surface area contributed by atoms with Crippen LogP contribution < -0.4 is 0 Å². The first-order chi connectivity index (χ1) is 7.06. The molecule has 1 rings (SSSR count). The van der Waals surface area contributed by atoms with E-state index < -0.39 is 5.60 Å². The third kappa shape index (κ3) is 3.67. The predicted octanol–water partition coefficient (Wildman–Crippen LogP) is 3.78. The fourth-order valence-electron chi connectivity index (χ4n) is 1.84. The Hall–Kier alpha value is -0.820. The van der Waals surface area contributed by atoms with E-state index in [2.05, 4.69) is 26.0 Å². The van der Waals surface area contributed by atoms with Crippen LogP contribution in [0.4, 0.5) is 0 Å². The third-order valence-electron chi connectivity index (χ3n) is 2.91. The molecule has 1 aromatic carbocycles. The molecule has 84 valence electrons. The van der Waals surface area contributed by atoms with Crippen molar-refractivity contribution >= 4 is 0 Å². The summed E-state index contributed by atoms with van der Waals surface area (Å²) in [5, 5.41) is 10.3. The molecule has 1 unspecified atom stereocenters. The second kappa shape index (κ2) is 5.32. The molecule has 1 N–H and O–H groups in total. The number of unbranched alkanes of at least 4 members (excludes halogenated alkanes) is 2. The Labute approximate surface area is 93.1 Å². The standard InChI is InChI=1S/C14H22O/c1-4-5-6-10-14(3,15)13-9-7-8-12(2)11-13/h7-9,11,15H,4-6,10H2,1-3H3. The van der Waals surface area contributed by atoms with Gasteiger partial charge in [-0.2, -0.15) is 0 Å². The van der Waals surface area contributed by atoms with Crippen LogP contribution in [-0.2, 0) is 5.60 Å². The van der Waals surface area contributed by atoms with Gasteiger partial charge in [-0.25, -0.2) is 0 Å². The molecule has 0 saturated carbocycles. The number of aryl methyl sites for hydroxylation is 1. The maximum absolute atomic E-state index is 10.3. The van der Waals surface area contributed by atoms with Crippen molar-refractivity contribution < 1.29 is 5.11 Å². The van der Waals surface area contributed by atoms with Gasteiger partial charge in [0.15, 0.2) is 0 Å². The van der Waals surface area contributed by atoms with Gasteiger partial charge in [0.05, 0.1) is 5.60 Å². The zero-order chi connectivity index (χ0) is 11.3.